The zero-order valence-electron chi connectivity index (χ0n) is 13.8. The minimum atomic E-state index is -4.58. The van der Waals surface area contributed by atoms with Crippen molar-refractivity contribution in [3.63, 3.8) is 0 Å². The first-order valence-corrected chi connectivity index (χ1v) is 7.56. The third-order valence-electron chi connectivity index (χ3n) is 3.77. The maximum Gasteiger partial charge on any atom is 0.416 e. The Bertz CT molecular complexity index is 1080. The smallest absolute Gasteiger partial charge is 0.416 e. The first kappa shape index (κ1) is 18.3. The third kappa shape index (κ3) is 3.69. The van der Waals surface area contributed by atoms with E-state index in [-0.39, 0.29) is 40.5 Å². The van der Waals surface area contributed by atoms with Crippen LogP contribution >= 0.6 is 0 Å². The minimum Gasteiger partial charge on any atom is -0.482 e. The maximum atomic E-state index is 13.0. The van der Waals surface area contributed by atoms with Crippen LogP contribution in [0.5, 0.6) is 5.75 Å². The molecule has 0 aliphatic carbocycles. The van der Waals surface area contributed by atoms with E-state index in [1.165, 1.54) is 25.1 Å². The number of rotatable bonds is 4. The normalized spacial score (nSPS) is 11.4. The van der Waals surface area contributed by atoms with Crippen LogP contribution in [0.2, 0.25) is 0 Å². The van der Waals surface area contributed by atoms with Crippen molar-refractivity contribution in [1.82, 2.24) is 4.98 Å². The van der Waals surface area contributed by atoms with Gasteiger partial charge in [-0.3, -0.25) is 0 Å². The maximum absolute atomic E-state index is 13.0. The summed E-state index contributed by atoms with van der Waals surface area (Å²) in [5.74, 6) is -1.34. The van der Waals surface area contributed by atoms with E-state index in [9.17, 15) is 23.2 Å². The van der Waals surface area contributed by atoms with Gasteiger partial charge in [0, 0.05) is 0 Å². The lowest BCUT2D eigenvalue weighted by Crippen LogP contribution is -2.08. The molecule has 0 spiro atoms. The summed E-state index contributed by atoms with van der Waals surface area (Å²) in [6.45, 7) is 1.06. The number of aromatic nitrogens is 1. The number of benzene rings is 2. The molecule has 0 bridgehead atoms. The number of hydrogen-bond acceptors (Lipinski definition) is 5. The van der Waals surface area contributed by atoms with Crippen LogP contribution in [0.3, 0.4) is 0 Å². The van der Waals surface area contributed by atoms with Crippen molar-refractivity contribution < 1.29 is 32.2 Å². The first-order chi connectivity index (χ1) is 12.7. The molecule has 0 aliphatic rings. The van der Waals surface area contributed by atoms with Gasteiger partial charge in [-0.05, 0) is 42.8 Å². The van der Waals surface area contributed by atoms with Crippen LogP contribution in [0.1, 0.15) is 32.9 Å². The number of hydrogen-bond donors (Lipinski definition) is 1. The molecule has 9 heteroatoms. The van der Waals surface area contributed by atoms with Gasteiger partial charge in [-0.25, -0.2) is 9.78 Å². The Hall–Kier alpha value is -3.54. The SMILES string of the molecule is Cc1cc(C(F)(F)F)cc(OCc2nc3ccc(C(=O)O)cc3o2)c1C#N. The molecular weight excluding hydrogens is 365 g/mol. The summed E-state index contributed by atoms with van der Waals surface area (Å²) in [4.78, 5) is 15.1. The van der Waals surface area contributed by atoms with Crippen molar-refractivity contribution >= 4 is 17.1 Å². The van der Waals surface area contributed by atoms with Crippen LogP contribution in [0.4, 0.5) is 13.2 Å². The zero-order valence-corrected chi connectivity index (χ0v) is 13.8. The molecule has 0 saturated carbocycles. The molecule has 6 nitrogen and oxygen atoms in total. The van der Waals surface area contributed by atoms with Crippen LogP contribution in [-0.4, -0.2) is 16.1 Å². The molecule has 0 atom stereocenters. The highest BCUT2D eigenvalue weighted by molar-refractivity contribution is 5.91. The lowest BCUT2D eigenvalue weighted by atomic mass is 10.0. The number of nitriles is 1. The van der Waals surface area contributed by atoms with Crippen LogP contribution in [0.25, 0.3) is 11.1 Å². The van der Waals surface area contributed by atoms with E-state index >= 15 is 0 Å². The number of carboxylic acids is 1. The molecule has 0 saturated heterocycles. The summed E-state index contributed by atoms with van der Waals surface area (Å²) in [5, 5.41) is 18.2. The molecule has 0 radical (unpaired) electrons. The number of aryl methyl sites for hydroxylation is 1. The van der Waals surface area contributed by atoms with Gasteiger partial charge in [-0.15, -0.1) is 0 Å². The zero-order chi connectivity index (χ0) is 19.8. The van der Waals surface area contributed by atoms with Gasteiger partial charge in [0.15, 0.2) is 12.2 Å². The molecule has 0 unspecified atom stereocenters. The summed E-state index contributed by atoms with van der Waals surface area (Å²) < 4.78 is 49.6. The Morgan fingerprint density at radius 2 is 2.07 bits per heavy atom. The molecule has 1 aromatic heterocycles. The number of nitrogens with zero attached hydrogens (tertiary/aromatic N) is 2. The van der Waals surface area contributed by atoms with E-state index in [1.807, 2.05) is 6.07 Å². The highest BCUT2D eigenvalue weighted by Gasteiger charge is 2.32. The quantitative estimate of drug-likeness (QED) is 0.729. The average molecular weight is 376 g/mol. The van der Waals surface area contributed by atoms with E-state index in [1.54, 1.807) is 0 Å². The molecular formula is C18H11F3N2O4. The van der Waals surface area contributed by atoms with Gasteiger partial charge in [-0.2, -0.15) is 18.4 Å². The fraction of sp³-hybridized carbons (Fsp3) is 0.167. The molecule has 3 aromatic rings. The Morgan fingerprint density at radius 1 is 1.33 bits per heavy atom. The highest BCUT2D eigenvalue weighted by Crippen LogP contribution is 2.35. The lowest BCUT2D eigenvalue weighted by Gasteiger charge is -2.13. The molecule has 1 N–H and O–H groups in total. The number of alkyl halides is 3. The average Bonchev–Trinajstić information content (AvgIpc) is 3.00. The second kappa shape index (κ2) is 6.64. The van der Waals surface area contributed by atoms with E-state index in [4.69, 9.17) is 14.3 Å². The van der Waals surface area contributed by atoms with Crippen molar-refractivity contribution in [3.05, 3.63) is 58.5 Å². The Balaban J connectivity index is 1.90. The predicted molar refractivity (Wildman–Crippen MR) is 86.2 cm³/mol. The number of carboxylic acid groups (broad SMARTS) is 1. The summed E-state index contributed by atoms with van der Waals surface area (Å²) >= 11 is 0. The number of fused-ring (bicyclic) bond motifs is 1. The fourth-order valence-corrected chi connectivity index (χ4v) is 2.48. The number of ether oxygens (including phenoxy) is 1. The molecule has 2 aromatic carbocycles. The molecule has 1 heterocycles. The Morgan fingerprint density at radius 3 is 2.70 bits per heavy atom. The monoisotopic (exact) mass is 376 g/mol. The lowest BCUT2D eigenvalue weighted by molar-refractivity contribution is -0.137. The third-order valence-corrected chi connectivity index (χ3v) is 3.77. The van der Waals surface area contributed by atoms with E-state index < -0.39 is 17.7 Å². The number of carbonyl (C=O) groups is 1. The predicted octanol–water partition coefficient (Wildman–Crippen LogP) is 4.30. The van der Waals surface area contributed by atoms with E-state index in [0.717, 1.165) is 12.1 Å². The van der Waals surface area contributed by atoms with Crippen molar-refractivity contribution in [2.45, 2.75) is 19.7 Å². The van der Waals surface area contributed by atoms with Crippen LogP contribution in [0, 0.1) is 18.3 Å². The Labute approximate surface area is 150 Å². The fourth-order valence-electron chi connectivity index (χ4n) is 2.48. The topological polar surface area (TPSA) is 96.3 Å². The van der Waals surface area contributed by atoms with Gasteiger partial charge in [0.05, 0.1) is 16.7 Å². The largest absolute Gasteiger partial charge is 0.482 e. The summed E-state index contributed by atoms with van der Waals surface area (Å²) in [6.07, 6.45) is -4.58. The molecule has 0 amide bonds. The van der Waals surface area contributed by atoms with Gasteiger partial charge in [-0.1, -0.05) is 0 Å². The molecule has 3 rings (SSSR count). The van der Waals surface area contributed by atoms with Crippen molar-refractivity contribution in [2.75, 3.05) is 0 Å². The number of halogens is 3. The Kier molecular flexibility index (Phi) is 4.49. The van der Waals surface area contributed by atoms with Gasteiger partial charge in [0.1, 0.15) is 17.3 Å². The van der Waals surface area contributed by atoms with Gasteiger partial charge >= 0.3 is 12.1 Å². The van der Waals surface area contributed by atoms with Gasteiger partial charge < -0.3 is 14.3 Å². The summed E-state index contributed by atoms with van der Waals surface area (Å²) in [6, 6.07) is 7.51. The first-order valence-electron chi connectivity index (χ1n) is 7.56. The minimum absolute atomic E-state index is 0.00592. The molecule has 0 aliphatic heterocycles. The highest BCUT2D eigenvalue weighted by atomic mass is 19.4. The standard InChI is InChI=1S/C18H11F3N2O4/c1-9-4-11(18(19,20)21)6-14(12(9)7-22)26-8-16-23-13-3-2-10(17(24)25)5-15(13)27-16/h2-6H,8H2,1H3,(H,24,25). The second-order valence-corrected chi connectivity index (χ2v) is 5.66. The van der Waals surface area contributed by atoms with Crippen molar-refractivity contribution in [1.29, 1.82) is 5.26 Å². The van der Waals surface area contributed by atoms with Crippen molar-refractivity contribution in [2.24, 2.45) is 0 Å². The van der Waals surface area contributed by atoms with Gasteiger partial charge in [0.25, 0.3) is 0 Å². The van der Waals surface area contributed by atoms with E-state index in [0.29, 0.717) is 5.52 Å². The molecule has 138 valence electrons. The summed E-state index contributed by atoms with van der Waals surface area (Å²) in [5.41, 5.74) is -0.240. The van der Waals surface area contributed by atoms with E-state index in [2.05, 4.69) is 4.98 Å². The number of aromatic carboxylic acids is 1. The molecule has 27 heavy (non-hydrogen) atoms. The van der Waals surface area contributed by atoms with Crippen LogP contribution < -0.4 is 4.74 Å². The number of oxazole rings is 1. The molecule has 0 fully saturated rings. The van der Waals surface area contributed by atoms with Crippen LogP contribution in [-0.2, 0) is 12.8 Å². The second-order valence-electron chi connectivity index (χ2n) is 5.66. The van der Waals surface area contributed by atoms with Crippen molar-refractivity contribution in [3.8, 4) is 11.8 Å². The summed E-state index contributed by atoms with van der Waals surface area (Å²) in [7, 11) is 0. The van der Waals surface area contributed by atoms with Crippen LogP contribution in [0.15, 0.2) is 34.7 Å². The van der Waals surface area contributed by atoms with Gasteiger partial charge in [0.2, 0.25) is 5.89 Å².